The molecule has 5 nitrogen and oxygen atoms in total. The smallest absolute Gasteiger partial charge is 0.227 e. The van der Waals surface area contributed by atoms with Crippen molar-refractivity contribution in [2.75, 3.05) is 19.8 Å². The molecule has 0 spiro atoms. The van der Waals surface area contributed by atoms with Crippen LogP contribution < -0.4 is 4.72 Å². The van der Waals surface area contributed by atoms with Crippen LogP contribution in [0.4, 0.5) is 0 Å². The summed E-state index contributed by atoms with van der Waals surface area (Å²) in [6, 6.07) is 1.79. The molecule has 0 aromatic carbocycles. The van der Waals surface area contributed by atoms with Gasteiger partial charge in [-0.05, 0) is 18.8 Å². The first-order valence-electron chi connectivity index (χ1n) is 5.06. The van der Waals surface area contributed by atoms with Crippen LogP contribution in [0.25, 0.3) is 0 Å². The van der Waals surface area contributed by atoms with Gasteiger partial charge in [-0.1, -0.05) is 6.92 Å². The molecule has 15 heavy (non-hydrogen) atoms. The number of hydrogen-bond acceptors (Lipinski definition) is 4. The fourth-order valence-corrected chi connectivity index (χ4v) is 2.71. The molecular formula is C9H16N2O3S. The van der Waals surface area contributed by atoms with Crippen LogP contribution in [0.2, 0.25) is 0 Å². The normalized spacial score (nSPS) is 23.6. The SMILES string of the molecule is CCC(C#N)S(=O)(=O)NCC1CCOC1. The molecule has 0 aliphatic carbocycles. The summed E-state index contributed by atoms with van der Waals surface area (Å²) < 4.78 is 30.8. The maximum atomic E-state index is 11.6. The Bertz CT molecular complexity index is 328. The van der Waals surface area contributed by atoms with Gasteiger partial charge in [0.25, 0.3) is 0 Å². The number of rotatable bonds is 5. The van der Waals surface area contributed by atoms with Crippen LogP contribution in [-0.2, 0) is 14.8 Å². The second kappa shape index (κ2) is 5.45. The average Bonchev–Trinajstić information content (AvgIpc) is 2.69. The highest BCUT2D eigenvalue weighted by Gasteiger charge is 2.25. The Balaban J connectivity index is 2.45. The summed E-state index contributed by atoms with van der Waals surface area (Å²) in [6.45, 7) is 3.36. The molecule has 2 atom stereocenters. The maximum absolute atomic E-state index is 11.6. The molecular weight excluding hydrogens is 216 g/mol. The topological polar surface area (TPSA) is 79.2 Å². The Morgan fingerprint density at radius 2 is 2.40 bits per heavy atom. The second-order valence-electron chi connectivity index (χ2n) is 3.65. The van der Waals surface area contributed by atoms with Crippen LogP contribution >= 0.6 is 0 Å². The van der Waals surface area contributed by atoms with E-state index in [0.29, 0.717) is 26.2 Å². The fraction of sp³-hybridized carbons (Fsp3) is 0.889. The van der Waals surface area contributed by atoms with Crippen molar-refractivity contribution in [3.63, 3.8) is 0 Å². The van der Waals surface area contributed by atoms with Gasteiger partial charge in [-0.3, -0.25) is 0 Å². The van der Waals surface area contributed by atoms with Crippen molar-refractivity contribution in [1.29, 1.82) is 5.26 Å². The molecule has 1 saturated heterocycles. The van der Waals surface area contributed by atoms with Gasteiger partial charge >= 0.3 is 0 Å². The highest BCUT2D eigenvalue weighted by Crippen LogP contribution is 2.12. The van der Waals surface area contributed by atoms with E-state index >= 15 is 0 Å². The van der Waals surface area contributed by atoms with E-state index in [4.69, 9.17) is 10.00 Å². The zero-order valence-corrected chi connectivity index (χ0v) is 9.59. The van der Waals surface area contributed by atoms with Crippen molar-refractivity contribution in [3.8, 4) is 6.07 Å². The number of nitriles is 1. The van der Waals surface area contributed by atoms with Gasteiger partial charge < -0.3 is 4.74 Å². The molecule has 0 amide bonds. The van der Waals surface area contributed by atoms with Crippen LogP contribution in [0.1, 0.15) is 19.8 Å². The molecule has 0 bridgehead atoms. The Hall–Kier alpha value is -0.640. The van der Waals surface area contributed by atoms with Gasteiger partial charge in [-0.2, -0.15) is 5.26 Å². The average molecular weight is 232 g/mol. The van der Waals surface area contributed by atoms with Gasteiger partial charge in [0.05, 0.1) is 12.7 Å². The first-order valence-corrected chi connectivity index (χ1v) is 6.60. The minimum atomic E-state index is -3.48. The minimum absolute atomic E-state index is 0.246. The number of nitrogens with zero attached hydrogens (tertiary/aromatic N) is 1. The van der Waals surface area contributed by atoms with E-state index in [-0.39, 0.29) is 5.92 Å². The lowest BCUT2D eigenvalue weighted by atomic mass is 10.1. The molecule has 1 fully saturated rings. The summed E-state index contributed by atoms with van der Waals surface area (Å²) in [7, 11) is -3.48. The Labute approximate surface area is 90.5 Å². The minimum Gasteiger partial charge on any atom is -0.381 e. The molecule has 0 saturated carbocycles. The van der Waals surface area contributed by atoms with E-state index in [1.54, 1.807) is 13.0 Å². The summed E-state index contributed by atoms with van der Waals surface area (Å²) in [5.41, 5.74) is 0. The lowest BCUT2D eigenvalue weighted by molar-refractivity contribution is 0.186. The van der Waals surface area contributed by atoms with E-state index in [9.17, 15) is 8.42 Å². The lowest BCUT2D eigenvalue weighted by Crippen LogP contribution is -2.36. The predicted octanol–water partition coefficient (Wildman–Crippen LogP) is 0.244. The fourth-order valence-electron chi connectivity index (χ4n) is 1.46. The van der Waals surface area contributed by atoms with Crippen LogP contribution in [0.15, 0.2) is 0 Å². The van der Waals surface area contributed by atoms with Gasteiger partial charge in [0.1, 0.15) is 0 Å². The molecule has 2 unspecified atom stereocenters. The molecule has 1 N–H and O–H groups in total. The molecule has 1 rings (SSSR count). The van der Waals surface area contributed by atoms with Crippen LogP contribution in [-0.4, -0.2) is 33.4 Å². The van der Waals surface area contributed by atoms with E-state index in [2.05, 4.69) is 4.72 Å². The van der Waals surface area contributed by atoms with Crippen molar-refractivity contribution in [1.82, 2.24) is 4.72 Å². The standard InChI is InChI=1S/C9H16N2O3S/c1-2-9(5-10)15(12,13)11-6-8-3-4-14-7-8/h8-9,11H,2-4,6-7H2,1H3. The number of ether oxygens (including phenoxy) is 1. The summed E-state index contributed by atoms with van der Waals surface area (Å²) >= 11 is 0. The zero-order valence-electron chi connectivity index (χ0n) is 8.77. The van der Waals surface area contributed by atoms with Crippen LogP contribution in [0.3, 0.4) is 0 Å². The molecule has 1 heterocycles. The van der Waals surface area contributed by atoms with Gasteiger partial charge in [-0.15, -0.1) is 0 Å². The molecule has 1 aliphatic rings. The zero-order chi connectivity index (χ0) is 11.3. The third-order valence-corrected chi connectivity index (χ3v) is 4.24. The van der Waals surface area contributed by atoms with Crippen molar-refractivity contribution >= 4 is 10.0 Å². The molecule has 86 valence electrons. The van der Waals surface area contributed by atoms with Crippen molar-refractivity contribution in [2.24, 2.45) is 5.92 Å². The molecule has 0 aromatic heterocycles. The molecule has 6 heteroatoms. The van der Waals surface area contributed by atoms with Gasteiger partial charge in [0, 0.05) is 13.2 Å². The summed E-state index contributed by atoms with van der Waals surface area (Å²) in [4.78, 5) is 0. The largest absolute Gasteiger partial charge is 0.381 e. The van der Waals surface area contributed by atoms with Crippen molar-refractivity contribution in [3.05, 3.63) is 0 Å². The quantitative estimate of drug-likeness (QED) is 0.736. The molecule has 0 aromatic rings. The van der Waals surface area contributed by atoms with E-state index in [1.165, 1.54) is 0 Å². The van der Waals surface area contributed by atoms with E-state index in [0.717, 1.165) is 6.42 Å². The maximum Gasteiger partial charge on any atom is 0.227 e. The highest BCUT2D eigenvalue weighted by atomic mass is 32.2. The lowest BCUT2D eigenvalue weighted by Gasteiger charge is -2.12. The second-order valence-corrected chi connectivity index (χ2v) is 5.60. The van der Waals surface area contributed by atoms with E-state index in [1.807, 2.05) is 0 Å². The van der Waals surface area contributed by atoms with Gasteiger partial charge in [-0.25, -0.2) is 13.1 Å². The van der Waals surface area contributed by atoms with Gasteiger partial charge in [0.2, 0.25) is 10.0 Å². The number of nitrogens with one attached hydrogen (secondary N) is 1. The molecule has 0 radical (unpaired) electrons. The third-order valence-electron chi connectivity index (χ3n) is 2.49. The summed E-state index contributed by atoms with van der Waals surface area (Å²) in [5.74, 6) is 0.246. The first kappa shape index (κ1) is 12.4. The van der Waals surface area contributed by atoms with E-state index < -0.39 is 15.3 Å². The Morgan fingerprint density at radius 1 is 1.67 bits per heavy atom. The third kappa shape index (κ3) is 3.45. The van der Waals surface area contributed by atoms with Crippen LogP contribution in [0.5, 0.6) is 0 Å². The van der Waals surface area contributed by atoms with Gasteiger partial charge in [0.15, 0.2) is 5.25 Å². The summed E-state index contributed by atoms with van der Waals surface area (Å²) in [5, 5.41) is 7.72. The Kier molecular flexibility index (Phi) is 4.51. The molecule has 1 aliphatic heterocycles. The van der Waals surface area contributed by atoms with Crippen molar-refractivity contribution in [2.45, 2.75) is 25.0 Å². The predicted molar refractivity (Wildman–Crippen MR) is 55.5 cm³/mol. The highest BCUT2D eigenvalue weighted by molar-refractivity contribution is 7.90. The monoisotopic (exact) mass is 232 g/mol. The Morgan fingerprint density at radius 3 is 2.87 bits per heavy atom. The van der Waals surface area contributed by atoms with Crippen LogP contribution in [0, 0.1) is 17.2 Å². The first-order chi connectivity index (χ1) is 7.10. The summed E-state index contributed by atoms with van der Waals surface area (Å²) in [6.07, 6.45) is 1.19. The number of sulfonamides is 1. The van der Waals surface area contributed by atoms with Crippen molar-refractivity contribution < 1.29 is 13.2 Å². The number of hydrogen-bond donors (Lipinski definition) is 1.